The van der Waals surface area contributed by atoms with Crippen LogP contribution in [0.15, 0.2) is 0 Å². The Hall–Kier alpha value is -0.370. The molecule has 7 heteroatoms. The van der Waals surface area contributed by atoms with Crippen LogP contribution in [0.5, 0.6) is 0 Å². The third-order valence-corrected chi connectivity index (χ3v) is 2.49. The summed E-state index contributed by atoms with van der Waals surface area (Å²) in [6.07, 6.45) is -4.70. The molecule has 0 aromatic heterocycles. The molecule has 0 bridgehead atoms. The molecular weight excluding hydrogens is 237 g/mol. The summed E-state index contributed by atoms with van der Waals surface area (Å²) in [5, 5.41) is 0. The van der Waals surface area contributed by atoms with Gasteiger partial charge >= 0.3 is 6.36 Å². The van der Waals surface area contributed by atoms with Crippen molar-refractivity contribution in [3.63, 3.8) is 0 Å². The van der Waals surface area contributed by atoms with Crippen molar-refractivity contribution in [2.75, 3.05) is 32.8 Å². The topological polar surface area (TPSA) is 47.7 Å². The van der Waals surface area contributed by atoms with Crippen molar-refractivity contribution in [2.24, 2.45) is 5.73 Å². The molecule has 0 saturated carbocycles. The highest BCUT2D eigenvalue weighted by Crippen LogP contribution is 2.21. The van der Waals surface area contributed by atoms with Crippen molar-refractivity contribution < 1.29 is 22.6 Å². The summed E-state index contributed by atoms with van der Waals surface area (Å²) in [5.41, 5.74) is 5.13. The van der Waals surface area contributed by atoms with Gasteiger partial charge in [-0.2, -0.15) is 0 Å². The molecule has 1 unspecified atom stereocenters. The highest BCUT2D eigenvalue weighted by atomic mass is 19.4. The lowest BCUT2D eigenvalue weighted by atomic mass is 10.1. The summed E-state index contributed by atoms with van der Waals surface area (Å²) < 4.78 is 44.9. The van der Waals surface area contributed by atoms with Gasteiger partial charge in [0.1, 0.15) is 0 Å². The van der Waals surface area contributed by atoms with Crippen LogP contribution in [0, 0.1) is 0 Å². The third kappa shape index (κ3) is 5.67. The molecule has 1 aliphatic heterocycles. The van der Waals surface area contributed by atoms with Gasteiger partial charge in [-0.15, -0.1) is 13.2 Å². The largest absolute Gasteiger partial charge is 0.522 e. The predicted molar refractivity (Wildman–Crippen MR) is 56.5 cm³/mol. The van der Waals surface area contributed by atoms with Gasteiger partial charge in [-0.25, -0.2) is 0 Å². The fraction of sp³-hybridized carbons (Fsp3) is 1.00. The Morgan fingerprint density at radius 3 is 2.65 bits per heavy atom. The highest BCUT2D eigenvalue weighted by Gasteiger charge is 2.34. The Balaban J connectivity index is 2.37. The summed E-state index contributed by atoms with van der Waals surface area (Å²) in [6, 6.07) is 0. The standard InChI is InChI=1S/C10H19F3N2O2/c1-9(2)7-15(6-8(5-14)17-9)3-4-16-10(11,12)13/h8H,3-7,14H2,1-2H3. The molecule has 1 saturated heterocycles. The van der Waals surface area contributed by atoms with Crippen molar-refractivity contribution >= 4 is 0 Å². The highest BCUT2D eigenvalue weighted by molar-refractivity contribution is 4.84. The number of nitrogens with two attached hydrogens (primary N) is 1. The smallest absolute Gasteiger partial charge is 0.368 e. The van der Waals surface area contributed by atoms with Gasteiger partial charge in [-0.1, -0.05) is 0 Å². The van der Waals surface area contributed by atoms with E-state index in [2.05, 4.69) is 4.74 Å². The molecule has 1 heterocycles. The molecule has 0 amide bonds. The molecular formula is C10H19F3N2O2. The van der Waals surface area contributed by atoms with Crippen LogP contribution < -0.4 is 5.73 Å². The lowest BCUT2D eigenvalue weighted by Crippen LogP contribution is -2.55. The van der Waals surface area contributed by atoms with E-state index in [1.54, 1.807) is 0 Å². The molecule has 1 fully saturated rings. The van der Waals surface area contributed by atoms with Gasteiger partial charge < -0.3 is 10.5 Å². The van der Waals surface area contributed by atoms with E-state index in [4.69, 9.17) is 10.5 Å². The molecule has 17 heavy (non-hydrogen) atoms. The summed E-state index contributed by atoms with van der Waals surface area (Å²) in [7, 11) is 0. The van der Waals surface area contributed by atoms with Gasteiger partial charge in [0, 0.05) is 26.2 Å². The summed E-state index contributed by atoms with van der Waals surface area (Å²) >= 11 is 0. The molecule has 1 rings (SSSR count). The minimum Gasteiger partial charge on any atom is -0.368 e. The quantitative estimate of drug-likeness (QED) is 0.814. The minimum absolute atomic E-state index is 0.135. The van der Waals surface area contributed by atoms with E-state index in [9.17, 15) is 13.2 Å². The summed E-state index contributed by atoms with van der Waals surface area (Å²) in [6.45, 7) is 5.13. The lowest BCUT2D eigenvalue weighted by Gasteiger charge is -2.42. The van der Waals surface area contributed by atoms with Crippen LogP contribution in [0.2, 0.25) is 0 Å². The molecule has 1 atom stereocenters. The zero-order chi connectivity index (χ0) is 13.1. The molecule has 102 valence electrons. The number of halogens is 3. The first-order chi connectivity index (χ1) is 7.72. The number of ether oxygens (including phenoxy) is 2. The third-order valence-electron chi connectivity index (χ3n) is 2.49. The van der Waals surface area contributed by atoms with Crippen molar-refractivity contribution in [1.82, 2.24) is 4.90 Å². The maximum atomic E-state index is 11.8. The SMILES string of the molecule is CC1(C)CN(CCOC(F)(F)F)CC(CN)O1. The summed E-state index contributed by atoms with van der Waals surface area (Å²) in [4.78, 5) is 1.88. The van der Waals surface area contributed by atoms with Gasteiger partial charge in [-0.3, -0.25) is 9.64 Å². The minimum atomic E-state index is -4.56. The maximum absolute atomic E-state index is 11.8. The zero-order valence-corrected chi connectivity index (χ0v) is 10.1. The molecule has 1 aliphatic rings. The van der Waals surface area contributed by atoms with Crippen LogP contribution in [-0.4, -0.2) is 55.8 Å². The molecule has 0 aromatic rings. The van der Waals surface area contributed by atoms with E-state index in [1.807, 2.05) is 18.7 Å². The summed E-state index contributed by atoms with van der Waals surface area (Å²) in [5.74, 6) is 0. The van der Waals surface area contributed by atoms with E-state index < -0.39 is 6.36 Å². The molecule has 0 aliphatic carbocycles. The fourth-order valence-electron chi connectivity index (χ4n) is 2.00. The zero-order valence-electron chi connectivity index (χ0n) is 10.1. The van der Waals surface area contributed by atoms with E-state index in [0.717, 1.165) is 0 Å². The Labute approximate surface area is 98.8 Å². The average molecular weight is 256 g/mol. The van der Waals surface area contributed by atoms with E-state index >= 15 is 0 Å². The number of nitrogens with zero attached hydrogens (tertiary/aromatic N) is 1. The van der Waals surface area contributed by atoms with Gasteiger partial charge in [-0.05, 0) is 13.8 Å². The van der Waals surface area contributed by atoms with Crippen molar-refractivity contribution in [3.05, 3.63) is 0 Å². The van der Waals surface area contributed by atoms with Gasteiger partial charge in [0.05, 0.1) is 18.3 Å². The number of hydrogen-bond acceptors (Lipinski definition) is 4. The van der Waals surface area contributed by atoms with Crippen LogP contribution in [-0.2, 0) is 9.47 Å². The Morgan fingerprint density at radius 1 is 1.47 bits per heavy atom. The first kappa shape index (κ1) is 14.7. The second-order valence-corrected chi connectivity index (χ2v) is 4.76. The number of morpholine rings is 1. The number of hydrogen-bond donors (Lipinski definition) is 1. The van der Waals surface area contributed by atoms with E-state index in [0.29, 0.717) is 19.6 Å². The Bertz CT molecular complexity index is 246. The van der Waals surface area contributed by atoms with E-state index in [1.165, 1.54) is 0 Å². The van der Waals surface area contributed by atoms with Gasteiger partial charge in [0.15, 0.2) is 0 Å². The predicted octanol–water partition coefficient (Wildman–Crippen LogP) is 0.961. The Kier molecular flexibility index (Phi) is 4.77. The first-order valence-corrected chi connectivity index (χ1v) is 5.53. The van der Waals surface area contributed by atoms with Crippen molar-refractivity contribution in [1.29, 1.82) is 0 Å². The van der Waals surface area contributed by atoms with Crippen molar-refractivity contribution in [2.45, 2.75) is 31.9 Å². The van der Waals surface area contributed by atoms with Crippen LogP contribution >= 0.6 is 0 Å². The van der Waals surface area contributed by atoms with Gasteiger partial charge in [0.2, 0.25) is 0 Å². The van der Waals surface area contributed by atoms with Crippen LogP contribution in [0.3, 0.4) is 0 Å². The second kappa shape index (κ2) is 5.51. The second-order valence-electron chi connectivity index (χ2n) is 4.76. The molecule has 0 spiro atoms. The molecule has 4 nitrogen and oxygen atoms in total. The molecule has 0 radical (unpaired) electrons. The number of alkyl halides is 3. The maximum Gasteiger partial charge on any atom is 0.522 e. The first-order valence-electron chi connectivity index (χ1n) is 5.53. The van der Waals surface area contributed by atoms with Crippen molar-refractivity contribution in [3.8, 4) is 0 Å². The monoisotopic (exact) mass is 256 g/mol. The fourth-order valence-corrected chi connectivity index (χ4v) is 2.00. The number of rotatable bonds is 4. The van der Waals surface area contributed by atoms with Gasteiger partial charge in [0.25, 0.3) is 0 Å². The van der Waals surface area contributed by atoms with Crippen LogP contribution in [0.25, 0.3) is 0 Å². The average Bonchev–Trinajstić information content (AvgIpc) is 2.13. The van der Waals surface area contributed by atoms with Crippen LogP contribution in [0.4, 0.5) is 13.2 Å². The normalized spacial score (nSPS) is 26.1. The Morgan fingerprint density at radius 2 is 2.12 bits per heavy atom. The van der Waals surface area contributed by atoms with E-state index in [-0.39, 0.29) is 24.9 Å². The molecule has 0 aromatic carbocycles. The van der Waals surface area contributed by atoms with Crippen LogP contribution in [0.1, 0.15) is 13.8 Å². The molecule has 2 N–H and O–H groups in total. The lowest BCUT2D eigenvalue weighted by molar-refractivity contribution is -0.325.